The van der Waals surface area contributed by atoms with Gasteiger partial charge in [0.15, 0.2) is 0 Å². The van der Waals surface area contributed by atoms with Crippen molar-refractivity contribution in [2.24, 2.45) is 5.92 Å². The van der Waals surface area contributed by atoms with E-state index in [1.807, 2.05) is 13.8 Å². The first-order valence-electron chi connectivity index (χ1n) is 7.88. The predicted octanol–water partition coefficient (Wildman–Crippen LogP) is 2.55. The van der Waals surface area contributed by atoms with Crippen LogP contribution in [0, 0.1) is 19.8 Å². The van der Waals surface area contributed by atoms with Gasteiger partial charge in [-0.2, -0.15) is 0 Å². The molecule has 1 saturated carbocycles. The number of hydrogen-bond donors (Lipinski definition) is 1. The first-order chi connectivity index (χ1) is 10.1. The third kappa shape index (κ3) is 4.56. The average Bonchev–Trinajstić information content (AvgIpc) is 2.77. The van der Waals surface area contributed by atoms with Crippen LogP contribution in [0.1, 0.15) is 49.6 Å². The second-order valence-corrected chi connectivity index (χ2v) is 6.00. The Labute approximate surface area is 126 Å². The highest BCUT2D eigenvalue weighted by Gasteiger charge is 2.21. The summed E-state index contributed by atoms with van der Waals surface area (Å²) in [6.45, 7) is 7.08. The van der Waals surface area contributed by atoms with Crippen molar-refractivity contribution < 1.29 is 14.1 Å². The van der Waals surface area contributed by atoms with Crippen LogP contribution >= 0.6 is 0 Å². The van der Waals surface area contributed by atoms with Crippen LogP contribution in [0.4, 0.5) is 0 Å². The molecule has 1 amide bonds. The normalized spacial score (nSPS) is 22.2. The summed E-state index contributed by atoms with van der Waals surface area (Å²) in [5, 5.41) is 6.75. The maximum atomic E-state index is 11.9. The molecule has 1 fully saturated rings. The zero-order valence-electron chi connectivity index (χ0n) is 13.3. The van der Waals surface area contributed by atoms with E-state index in [2.05, 4.69) is 17.4 Å². The number of amides is 1. The van der Waals surface area contributed by atoms with Gasteiger partial charge in [0.2, 0.25) is 5.91 Å². The second-order valence-electron chi connectivity index (χ2n) is 6.00. The van der Waals surface area contributed by atoms with Gasteiger partial charge < -0.3 is 14.6 Å². The molecule has 1 aromatic rings. The Morgan fingerprint density at radius 1 is 1.38 bits per heavy atom. The van der Waals surface area contributed by atoms with E-state index in [0.29, 0.717) is 31.6 Å². The Hall–Kier alpha value is -1.36. The molecule has 1 aliphatic rings. The lowest BCUT2D eigenvalue weighted by atomic mass is 9.88. The molecule has 1 aliphatic carbocycles. The third-order valence-electron chi connectivity index (χ3n) is 4.31. The average molecular weight is 294 g/mol. The maximum Gasteiger partial charge on any atom is 0.224 e. The van der Waals surface area contributed by atoms with Crippen molar-refractivity contribution in [1.82, 2.24) is 10.5 Å². The number of hydrogen-bond acceptors (Lipinski definition) is 4. The van der Waals surface area contributed by atoms with Crippen LogP contribution in [-0.4, -0.2) is 30.3 Å². The SMILES string of the molecule is Cc1noc(C)c1CC(=O)NCCOC1CCCCC1C. The van der Waals surface area contributed by atoms with Crippen LogP contribution in [0.5, 0.6) is 0 Å². The van der Waals surface area contributed by atoms with Crippen molar-refractivity contribution in [3.05, 3.63) is 17.0 Å². The van der Waals surface area contributed by atoms with Crippen molar-refractivity contribution in [3.8, 4) is 0 Å². The smallest absolute Gasteiger partial charge is 0.224 e. The summed E-state index contributed by atoms with van der Waals surface area (Å²) in [6, 6.07) is 0. The molecular weight excluding hydrogens is 268 g/mol. The summed E-state index contributed by atoms with van der Waals surface area (Å²) in [6.07, 6.45) is 5.65. The monoisotopic (exact) mass is 294 g/mol. The zero-order valence-corrected chi connectivity index (χ0v) is 13.3. The highest BCUT2D eigenvalue weighted by Crippen LogP contribution is 2.25. The Morgan fingerprint density at radius 2 is 2.14 bits per heavy atom. The number of ether oxygens (including phenoxy) is 1. The van der Waals surface area contributed by atoms with Gasteiger partial charge in [-0.3, -0.25) is 4.79 Å². The first-order valence-corrected chi connectivity index (χ1v) is 7.88. The van der Waals surface area contributed by atoms with Crippen LogP contribution in [-0.2, 0) is 16.0 Å². The minimum absolute atomic E-state index is 0.00954. The van der Waals surface area contributed by atoms with E-state index in [1.165, 1.54) is 19.3 Å². The summed E-state index contributed by atoms with van der Waals surface area (Å²) in [4.78, 5) is 11.9. The first kappa shape index (κ1) is 16.0. The van der Waals surface area contributed by atoms with E-state index in [4.69, 9.17) is 9.26 Å². The molecule has 0 spiro atoms. The van der Waals surface area contributed by atoms with Crippen molar-refractivity contribution in [2.75, 3.05) is 13.2 Å². The zero-order chi connectivity index (χ0) is 15.2. The Bertz CT molecular complexity index is 451. The molecule has 2 atom stereocenters. The molecule has 0 bridgehead atoms. The molecule has 5 heteroatoms. The Kier molecular flexibility index (Phi) is 5.79. The van der Waals surface area contributed by atoms with Crippen LogP contribution < -0.4 is 5.32 Å². The maximum absolute atomic E-state index is 11.9. The number of aromatic nitrogens is 1. The number of rotatable bonds is 6. The van der Waals surface area contributed by atoms with Crippen molar-refractivity contribution in [3.63, 3.8) is 0 Å². The van der Waals surface area contributed by atoms with Gasteiger partial charge in [0.05, 0.1) is 24.8 Å². The van der Waals surface area contributed by atoms with Gasteiger partial charge in [0, 0.05) is 12.1 Å². The molecule has 1 heterocycles. The topological polar surface area (TPSA) is 64.4 Å². The minimum Gasteiger partial charge on any atom is -0.376 e. The molecule has 21 heavy (non-hydrogen) atoms. The fourth-order valence-electron chi connectivity index (χ4n) is 2.91. The largest absolute Gasteiger partial charge is 0.376 e. The van der Waals surface area contributed by atoms with E-state index in [-0.39, 0.29) is 5.91 Å². The fraction of sp³-hybridized carbons (Fsp3) is 0.750. The van der Waals surface area contributed by atoms with E-state index < -0.39 is 0 Å². The molecule has 118 valence electrons. The fourth-order valence-corrected chi connectivity index (χ4v) is 2.91. The predicted molar refractivity (Wildman–Crippen MR) is 80.1 cm³/mol. The second kappa shape index (κ2) is 7.59. The van der Waals surface area contributed by atoms with E-state index in [0.717, 1.165) is 23.4 Å². The van der Waals surface area contributed by atoms with Gasteiger partial charge in [0.25, 0.3) is 0 Å². The van der Waals surface area contributed by atoms with Crippen LogP contribution in [0.3, 0.4) is 0 Å². The Morgan fingerprint density at radius 3 is 2.81 bits per heavy atom. The standard InChI is InChI=1S/C16H26N2O3/c1-11-6-4-5-7-15(11)20-9-8-17-16(19)10-14-12(2)18-21-13(14)3/h11,15H,4-10H2,1-3H3,(H,17,19). The van der Waals surface area contributed by atoms with Crippen molar-refractivity contribution >= 4 is 5.91 Å². The molecule has 0 aliphatic heterocycles. The quantitative estimate of drug-likeness (QED) is 0.819. The molecule has 1 aromatic heterocycles. The van der Waals surface area contributed by atoms with Gasteiger partial charge in [-0.05, 0) is 32.6 Å². The van der Waals surface area contributed by atoms with Gasteiger partial charge in [-0.1, -0.05) is 24.9 Å². The molecule has 2 unspecified atom stereocenters. The number of aryl methyl sites for hydroxylation is 2. The van der Waals surface area contributed by atoms with Gasteiger partial charge >= 0.3 is 0 Å². The van der Waals surface area contributed by atoms with E-state index in [1.54, 1.807) is 0 Å². The molecule has 1 N–H and O–H groups in total. The number of carbonyl (C=O) groups excluding carboxylic acids is 1. The number of nitrogens with one attached hydrogen (secondary N) is 1. The van der Waals surface area contributed by atoms with Crippen LogP contribution in [0.25, 0.3) is 0 Å². The molecule has 0 saturated heterocycles. The highest BCUT2D eigenvalue weighted by atomic mass is 16.5. The summed E-state index contributed by atoms with van der Waals surface area (Å²) >= 11 is 0. The summed E-state index contributed by atoms with van der Waals surface area (Å²) in [7, 11) is 0. The summed E-state index contributed by atoms with van der Waals surface area (Å²) < 4.78 is 10.9. The molecular formula is C16H26N2O3. The van der Waals surface area contributed by atoms with Crippen molar-refractivity contribution in [1.29, 1.82) is 0 Å². The molecule has 2 rings (SSSR count). The van der Waals surface area contributed by atoms with Crippen LogP contribution in [0.2, 0.25) is 0 Å². The summed E-state index contributed by atoms with van der Waals surface area (Å²) in [5.41, 5.74) is 1.67. The van der Waals surface area contributed by atoms with Gasteiger partial charge in [-0.15, -0.1) is 0 Å². The summed E-state index contributed by atoms with van der Waals surface area (Å²) in [5.74, 6) is 1.34. The van der Waals surface area contributed by atoms with Gasteiger partial charge in [-0.25, -0.2) is 0 Å². The molecule has 0 aromatic carbocycles. The van der Waals surface area contributed by atoms with E-state index in [9.17, 15) is 4.79 Å². The van der Waals surface area contributed by atoms with Crippen LogP contribution in [0.15, 0.2) is 4.52 Å². The lowest BCUT2D eigenvalue weighted by Gasteiger charge is -2.28. The van der Waals surface area contributed by atoms with E-state index >= 15 is 0 Å². The lowest BCUT2D eigenvalue weighted by molar-refractivity contribution is -0.120. The van der Waals surface area contributed by atoms with Crippen molar-refractivity contribution in [2.45, 2.75) is 59.0 Å². The third-order valence-corrected chi connectivity index (χ3v) is 4.31. The number of carbonyl (C=O) groups is 1. The molecule has 5 nitrogen and oxygen atoms in total. The number of nitrogens with zero attached hydrogens (tertiary/aromatic N) is 1. The minimum atomic E-state index is -0.00954. The lowest BCUT2D eigenvalue weighted by Crippen LogP contribution is -2.32. The highest BCUT2D eigenvalue weighted by molar-refractivity contribution is 5.78. The van der Waals surface area contributed by atoms with Gasteiger partial charge in [0.1, 0.15) is 5.76 Å². The molecule has 0 radical (unpaired) electrons. The Balaban J connectivity index is 1.65.